The van der Waals surface area contributed by atoms with E-state index >= 15 is 0 Å². The molecule has 0 radical (unpaired) electrons. The fraction of sp³-hybridized carbons (Fsp3) is 0.625. The Balaban J connectivity index is 2.74. The van der Waals surface area contributed by atoms with Crippen LogP contribution in [-0.2, 0) is 0 Å². The van der Waals surface area contributed by atoms with Crippen molar-refractivity contribution in [2.24, 2.45) is 5.10 Å². The van der Waals surface area contributed by atoms with Crippen LogP contribution >= 0.6 is 11.8 Å². The van der Waals surface area contributed by atoms with Crippen molar-refractivity contribution >= 4 is 17.5 Å². The van der Waals surface area contributed by atoms with Gasteiger partial charge in [-0.05, 0) is 20.8 Å². The molecule has 0 bridgehead atoms. The number of rotatable bonds is 3. The zero-order valence-corrected chi connectivity index (χ0v) is 8.97. The quantitative estimate of drug-likeness (QED) is 0.705. The Kier molecular flexibility index (Phi) is 3.42. The summed E-state index contributed by atoms with van der Waals surface area (Å²) in [6, 6.07) is 0. The van der Waals surface area contributed by atoms with E-state index in [2.05, 4.69) is 29.3 Å². The number of nitrogens with zero attached hydrogens (tertiary/aromatic N) is 3. The van der Waals surface area contributed by atoms with Gasteiger partial charge in [0.15, 0.2) is 0 Å². The molecule has 1 heterocycles. The van der Waals surface area contributed by atoms with Gasteiger partial charge >= 0.3 is 0 Å². The summed E-state index contributed by atoms with van der Waals surface area (Å²) in [4.78, 5) is 2.17. The van der Waals surface area contributed by atoms with E-state index in [-0.39, 0.29) is 0 Å². The first-order chi connectivity index (χ1) is 6.17. The monoisotopic (exact) mass is 202 g/mol. The maximum absolute atomic E-state index is 5.73. The first-order valence-corrected chi connectivity index (χ1v) is 4.75. The van der Waals surface area contributed by atoms with Crippen LogP contribution in [-0.4, -0.2) is 28.3 Å². The number of nitrogens with one attached hydrogen (secondary N) is 1. The second kappa shape index (κ2) is 4.37. The molecule has 1 rings (SSSR count). The molecule has 0 saturated heterocycles. The summed E-state index contributed by atoms with van der Waals surface area (Å²) in [7, 11) is 0. The zero-order valence-electron chi connectivity index (χ0n) is 8.21. The summed E-state index contributed by atoms with van der Waals surface area (Å²) in [6.45, 7) is 8.03. The summed E-state index contributed by atoms with van der Waals surface area (Å²) in [5.41, 5.74) is 3.85. The normalized spacial score (nSPS) is 16.2. The summed E-state index contributed by atoms with van der Waals surface area (Å²) < 4.78 is 1.21. The number of hydrazine groups is 1. The number of allylic oxidation sites excluding steroid dienone is 1. The van der Waals surface area contributed by atoms with Crippen LogP contribution in [0.2, 0.25) is 0 Å². The fourth-order valence-electron chi connectivity index (χ4n) is 1.24. The smallest absolute Gasteiger partial charge is 0.125 e. The summed E-state index contributed by atoms with van der Waals surface area (Å²) >= 11 is 5.73. The van der Waals surface area contributed by atoms with Crippen LogP contribution in [0, 0.1) is 0 Å². The molecule has 0 aliphatic carbocycles. The lowest BCUT2D eigenvalue weighted by Gasteiger charge is -2.29. The molecule has 0 fully saturated rings. The van der Waals surface area contributed by atoms with Gasteiger partial charge in [-0.2, -0.15) is 0 Å². The van der Waals surface area contributed by atoms with E-state index < -0.39 is 0 Å². The van der Waals surface area contributed by atoms with Gasteiger partial charge in [-0.15, -0.1) is 9.74 Å². The van der Waals surface area contributed by atoms with Crippen molar-refractivity contribution in [1.29, 1.82) is 0 Å². The lowest BCUT2D eigenvalue weighted by molar-refractivity contribution is 0.276. The second-order valence-electron chi connectivity index (χ2n) is 2.82. The molecule has 0 saturated carbocycles. The highest BCUT2D eigenvalue weighted by molar-refractivity contribution is 6.14. The highest BCUT2D eigenvalue weighted by atomic mass is 35.5. The average molecular weight is 203 g/mol. The van der Waals surface area contributed by atoms with Crippen LogP contribution < -0.4 is 5.43 Å². The van der Waals surface area contributed by atoms with Crippen molar-refractivity contribution in [2.75, 3.05) is 13.1 Å². The van der Waals surface area contributed by atoms with E-state index in [1.165, 1.54) is 4.64 Å². The lowest BCUT2D eigenvalue weighted by atomic mass is 10.3. The van der Waals surface area contributed by atoms with Crippen molar-refractivity contribution in [3.8, 4) is 0 Å². The number of hydrazone groups is 1. The second-order valence-corrected chi connectivity index (χ2v) is 3.14. The van der Waals surface area contributed by atoms with Gasteiger partial charge in [-0.3, -0.25) is 5.43 Å². The summed E-state index contributed by atoms with van der Waals surface area (Å²) in [6.07, 6.45) is 1.98. The molecule has 0 amide bonds. The summed E-state index contributed by atoms with van der Waals surface area (Å²) in [5, 5.41) is 3.99. The van der Waals surface area contributed by atoms with Crippen LogP contribution in [0.15, 0.2) is 17.0 Å². The van der Waals surface area contributed by atoms with Gasteiger partial charge in [0.2, 0.25) is 0 Å². The molecule has 0 spiro atoms. The Bertz CT molecular complexity index is 232. The first kappa shape index (κ1) is 10.2. The van der Waals surface area contributed by atoms with E-state index in [0.717, 1.165) is 24.6 Å². The molecule has 13 heavy (non-hydrogen) atoms. The van der Waals surface area contributed by atoms with Crippen LogP contribution in [0.25, 0.3) is 0 Å². The average Bonchev–Trinajstić information content (AvgIpc) is 2.04. The lowest BCUT2D eigenvalue weighted by Crippen LogP contribution is -2.39. The maximum atomic E-state index is 5.73. The molecule has 0 unspecified atom stereocenters. The van der Waals surface area contributed by atoms with Crippen LogP contribution in [0.3, 0.4) is 0 Å². The zero-order chi connectivity index (χ0) is 9.84. The molecule has 1 aliphatic heterocycles. The van der Waals surface area contributed by atoms with Crippen molar-refractivity contribution < 1.29 is 0 Å². The molecule has 74 valence electrons. The van der Waals surface area contributed by atoms with E-state index in [9.17, 15) is 0 Å². The van der Waals surface area contributed by atoms with E-state index in [1.807, 2.05) is 13.0 Å². The Morgan fingerprint density at radius 2 is 2.15 bits per heavy atom. The minimum Gasteiger partial charge on any atom is -0.358 e. The van der Waals surface area contributed by atoms with Gasteiger partial charge in [0.1, 0.15) is 5.82 Å². The molecule has 5 heteroatoms. The Hall–Kier alpha value is -0.900. The molecular weight excluding hydrogens is 188 g/mol. The highest BCUT2D eigenvalue weighted by Gasteiger charge is 2.12. The van der Waals surface area contributed by atoms with Crippen molar-refractivity contribution in [2.45, 2.75) is 20.8 Å². The molecule has 1 aliphatic rings. The van der Waals surface area contributed by atoms with E-state index in [4.69, 9.17) is 11.8 Å². The largest absolute Gasteiger partial charge is 0.358 e. The van der Waals surface area contributed by atoms with Crippen molar-refractivity contribution in [3.63, 3.8) is 0 Å². The van der Waals surface area contributed by atoms with Crippen molar-refractivity contribution in [3.05, 3.63) is 11.9 Å². The SMILES string of the molecule is CCN(CC)C1=CC(C)=NN(Cl)N1. The Morgan fingerprint density at radius 1 is 1.54 bits per heavy atom. The topological polar surface area (TPSA) is 30.9 Å². The van der Waals surface area contributed by atoms with E-state index in [1.54, 1.807) is 0 Å². The number of hydrogen-bond acceptors (Lipinski definition) is 4. The fourth-order valence-corrected chi connectivity index (χ4v) is 1.45. The molecular formula is C8H15ClN4. The van der Waals surface area contributed by atoms with Gasteiger partial charge in [-0.25, -0.2) is 0 Å². The Morgan fingerprint density at radius 3 is 2.62 bits per heavy atom. The minimum atomic E-state index is 0.899. The molecule has 4 nitrogen and oxygen atoms in total. The van der Waals surface area contributed by atoms with Gasteiger partial charge in [0, 0.05) is 19.2 Å². The van der Waals surface area contributed by atoms with Gasteiger partial charge in [0.05, 0.1) is 17.5 Å². The molecule has 0 aromatic rings. The molecule has 0 aromatic carbocycles. The highest BCUT2D eigenvalue weighted by Crippen LogP contribution is 2.08. The molecule has 0 aromatic heterocycles. The third kappa shape index (κ3) is 2.52. The van der Waals surface area contributed by atoms with Gasteiger partial charge < -0.3 is 4.90 Å². The summed E-state index contributed by atoms with van der Waals surface area (Å²) in [5.74, 6) is 0.993. The number of hydrogen-bond donors (Lipinski definition) is 1. The predicted molar refractivity (Wildman–Crippen MR) is 54.9 cm³/mol. The van der Waals surface area contributed by atoms with Crippen LogP contribution in [0.4, 0.5) is 0 Å². The number of halogens is 1. The van der Waals surface area contributed by atoms with Crippen LogP contribution in [0.5, 0.6) is 0 Å². The third-order valence-electron chi connectivity index (χ3n) is 1.90. The van der Waals surface area contributed by atoms with Gasteiger partial charge in [-0.1, -0.05) is 0 Å². The third-order valence-corrected chi connectivity index (χ3v) is 2.06. The minimum absolute atomic E-state index is 0.899. The van der Waals surface area contributed by atoms with E-state index in [0.29, 0.717) is 0 Å². The standard InChI is InChI=1S/C8H15ClN4/c1-4-12(5-2)8-6-7(3)10-13(9)11-8/h6,11H,4-5H2,1-3H3. The van der Waals surface area contributed by atoms with Gasteiger partial charge in [0.25, 0.3) is 0 Å². The van der Waals surface area contributed by atoms with Crippen molar-refractivity contribution in [1.82, 2.24) is 15.0 Å². The predicted octanol–water partition coefficient (Wildman–Crippen LogP) is 1.52. The molecule has 0 atom stereocenters. The molecule has 1 N–H and O–H groups in total. The maximum Gasteiger partial charge on any atom is 0.125 e. The first-order valence-electron chi connectivity index (χ1n) is 4.41. The Labute approximate surface area is 83.9 Å². The van der Waals surface area contributed by atoms with Crippen LogP contribution in [0.1, 0.15) is 20.8 Å².